The fraction of sp³-hybridized carbons (Fsp3) is 0.294. The van der Waals surface area contributed by atoms with E-state index in [9.17, 15) is 0 Å². The maximum Gasteiger partial charge on any atom is 0.124 e. The lowest BCUT2D eigenvalue weighted by molar-refractivity contribution is 0.272. The summed E-state index contributed by atoms with van der Waals surface area (Å²) in [4.78, 5) is 0. The molecule has 2 aromatic carbocycles. The first-order valence-electron chi connectivity index (χ1n) is 6.81. The zero-order chi connectivity index (χ0) is 13.2. The molecular formula is C17H19NO. The van der Waals surface area contributed by atoms with Gasteiger partial charge in [0.25, 0.3) is 0 Å². The van der Waals surface area contributed by atoms with Gasteiger partial charge in [0.1, 0.15) is 5.75 Å². The van der Waals surface area contributed by atoms with Crippen molar-refractivity contribution in [3.8, 4) is 5.75 Å². The molecule has 1 aliphatic rings. The second-order valence-electron chi connectivity index (χ2n) is 5.24. The van der Waals surface area contributed by atoms with E-state index in [1.807, 2.05) is 31.2 Å². The Labute approximate surface area is 114 Å². The van der Waals surface area contributed by atoms with Crippen LogP contribution in [-0.4, -0.2) is 6.61 Å². The Morgan fingerprint density at radius 2 is 1.89 bits per heavy atom. The van der Waals surface area contributed by atoms with Gasteiger partial charge in [0.2, 0.25) is 0 Å². The lowest BCUT2D eigenvalue weighted by Crippen LogP contribution is -2.23. The summed E-state index contributed by atoms with van der Waals surface area (Å²) in [5.41, 5.74) is 9.93. The second kappa shape index (κ2) is 5.06. The van der Waals surface area contributed by atoms with Crippen LogP contribution in [0.4, 0.5) is 0 Å². The predicted molar refractivity (Wildman–Crippen MR) is 77.4 cm³/mol. The van der Waals surface area contributed by atoms with Crippen LogP contribution in [-0.2, 0) is 6.42 Å². The molecule has 0 saturated carbocycles. The molecule has 2 atom stereocenters. The molecule has 0 heterocycles. The second-order valence-corrected chi connectivity index (χ2v) is 5.24. The predicted octanol–water partition coefficient (Wildman–Crippen LogP) is 3.43. The van der Waals surface area contributed by atoms with Gasteiger partial charge in [-0.05, 0) is 30.5 Å². The normalized spacial score (nSPS) is 18.3. The molecule has 0 aromatic heterocycles. The van der Waals surface area contributed by atoms with Gasteiger partial charge < -0.3 is 10.5 Å². The van der Waals surface area contributed by atoms with Gasteiger partial charge >= 0.3 is 0 Å². The van der Waals surface area contributed by atoms with Crippen molar-refractivity contribution in [1.29, 1.82) is 0 Å². The molecule has 0 spiro atoms. The topological polar surface area (TPSA) is 35.2 Å². The Bertz CT molecular complexity index is 577. The standard InChI is InChI=1S/C17H19NO/c1-12(18)15-7-4-5-9-17(15)19-11-14-10-13-6-2-3-8-16(13)14/h2-9,12,14H,10-11,18H2,1H3/t12-,14?/m1/s1. The number of para-hydroxylation sites is 1. The van der Waals surface area contributed by atoms with Gasteiger partial charge in [-0.25, -0.2) is 0 Å². The van der Waals surface area contributed by atoms with Crippen LogP contribution >= 0.6 is 0 Å². The van der Waals surface area contributed by atoms with Crippen molar-refractivity contribution >= 4 is 0 Å². The highest BCUT2D eigenvalue weighted by Gasteiger charge is 2.26. The lowest BCUT2D eigenvalue weighted by Gasteiger charge is -2.30. The zero-order valence-corrected chi connectivity index (χ0v) is 11.2. The average molecular weight is 253 g/mol. The molecule has 98 valence electrons. The molecule has 0 fully saturated rings. The minimum atomic E-state index is 0.00452. The number of hydrogen-bond acceptors (Lipinski definition) is 2. The number of benzene rings is 2. The average Bonchev–Trinajstić information content (AvgIpc) is 2.40. The van der Waals surface area contributed by atoms with E-state index >= 15 is 0 Å². The summed E-state index contributed by atoms with van der Waals surface area (Å²) in [5, 5.41) is 0. The Morgan fingerprint density at radius 3 is 2.68 bits per heavy atom. The van der Waals surface area contributed by atoms with E-state index < -0.39 is 0 Å². The molecule has 0 saturated heterocycles. The quantitative estimate of drug-likeness (QED) is 0.906. The summed E-state index contributed by atoms with van der Waals surface area (Å²) in [6.45, 7) is 2.72. The van der Waals surface area contributed by atoms with E-state index in [-0.39, 0.29) is 6.04 Å². The zero-order valence-electron chi connectivity index (χ0n) is 11.2. The van der Waals surface area contributed by atoms with Gasteiger partial charge in [0, 0.05) is 17.5 Å². The molecule has 2 nitrogen and oxygen atoms in total. The molecular weight excluding hydrogens is 234 g/mol. The van der Waals surface area contributed by atoms with Crippen LogP contribution in [0, 0.1) is 0 Å². The molecule has 1 aliphatic carbocycles. The van der Waals surface area contributed by atoms with Gasteiger partial charge in [-0.2, -0.15) is 0 Å². The molecule has 2 N–H and O–H groups in total. The van der Waals surface area contributed by atoms with Crippen LogP contribution in [0.15, 0.2) is 48.5 Å². The van der Waals surface area contributed by atoms with E-state index in [0.29, 0.717) is 5.92 Å². The van der Waals surface area contributed by atoms with Crippen molar-refractivity contribution in [2.45, 2.75) is 25.3 Å². The Hall–Kier alpha value is -1.80. The number of fused-ring (bicyclic) bond motifs is 1. The van der Waals surface area contributed by atoms with Crippen molar-refractivity contribution < 1.29 is 4.74 Å². The van der Waals surface area contributed by atoms with Crippen LogP contribution in [0.25, 0.3) is 0 Å². The third-order valence-corrected chi connectivity index (χ3v) is 3.81. The van der Waals surface area contributed by atoms with Crippen LogP contribution in [0.5, 0.6) is 5.75 Å². The van der Waals surface area contributed by atoms with Crippen molar-refractivity contribution in [2.24, 2.45) is 5.73 Å². The maximum absolute atomic E-state index is 5.98. The maximum atomic E-state index is 5.98. The fourth-order valence-electron chi connectivity index (χ4n) is 2.69. The number of hydrogen-bond donors (Lipinski definition) is 1. The Balaban J connectivity index is 1.69. The van der Waals surface area contributed by atoms with E-state index in [0.717, 1.165) is 24.3 Å². The molecule has 2 heteroatoms. The Morgan fingerprint density at radius 1 is 1.16 bits per heavy atom. The third kappa shape index (κ3) is 2.36. The van der Waals surface area contributed by atoms with Gasteiger partial charge in [0.15, 0.2) is 0 Å². The van der Waals surface area contributed by atoms with Crippen molar-refractivity contribution in [3.63, 3.8) is 0 Å². The summed E-state index contributed by atoms with van der Waals surface area (Å²) in [5.74, 6) is 1.44. The lowest BCUT2D eigenvalue weighted by atomic mass is 9.78. The van der Waals surface area contributed by atoms with Gasteiger partial charge in [-0.3, -0.25) is 0 Å². The first kappa shape index (κ1) is 12.2. The molecule has 0 amide bonds. The highest BCUT2D eigenvalue weighted by molar-refractivity contribution is 5.41. The highest BCUT2D eigenvalue weighted by atomic mass is 16.5. The summed E-state index contributed by atoms with van der Waals surface area (Å²) in [6.07, 6.45) is 1.12. The molecule has 19 heavy (non-hydrogen) atoms. The number of rotatable bonds is 4. The monoisotopic (exact) mass is 253 g/mol. The van der Waals surface area contributed by atoms with Crippen LogP contribution < -0.4 is 10.5 Å². The molecule has 0 aliphatic heterocycles. The van der Waals surface area contributed by atoms with Crippen LogP contribution in [0.3, 0.4) is 0 Å². The highest BCUT2D eigenvalue weighted by Crippen LogP contribution is 2.35. The largest absolute Gasteiger partial charge is 0.493 e. The smallest absolute Gasteiger partial charge is 0.124 e. The van der Waals surface area contributed by atoms with Gasteiger partial charge in [-0.1, -0.05) is 42.5 Å². The summed E-state index contributed by atoms with van der Waals surface area (Å²) < 4.78 is 5.98. The summed E-state index contributed by atoms with van der Waals surface area (Å²) in [7, 11) is 0. The van der Waals surface area contributed by atoms with Crippen LogP contribution in [0.1, 0.15) is 35.6 Å². The number of nitrogens with two attached hydrogens (primary N) is 1. The summed E-state index contributed by atoms with van der Waals surface area (Å²) in [6, 6.07) is 16.6. The molecule has 0 radical (unpaired) electrons. The minimum Gasteiger partial charge on any atom is -0.493 e. The molecule has 0 bridgehead atoms. The fourth-order valence-corrected chi connectivity index (χ4v) is 2.69. The first-order valence-corrected chi connectivity index (χ1v) is 6.81. The Kier molecular flexibility index (Phi) is 3.26. The SMILES string of the molecule is C[C@@H](N)c1ccccc1OCC1Cc2ccccc21. The van der Waals surface area contributed by atoms with E-state index in [1.165, 1.54) is 11.1 Å². The third-order valence-electron chi connectivity index (χ3n) is 3.81. The van der Waals surface area contributed by atoms with E-state index in [2.05, 4.69) is 24.3 Å². The molecule has 2 aromatic rings. The van der Waals surface area contributed by atoms with Crippen LogP contribution in [0.2, 0.25) is 0 Å². The van der Waals surface area contributed by atoms with Crippen molar-refractivity contribution in [1.82, 2.24) is 0 Å². The first-order chi connectivity index (χ1) is 9.25. The van der Waals surface area contributed by atoms with E-state index in [1.54, 1.807) is 0 Å². The summed E-state index contributed by atoms with van der Waals surface area (Å²) >= 11 is 0. The molecule has 1 unspecified atom stereocenters. The van der Waals surface area contributed by atoms with Crippen molar-refractivity contribution in [3.05, 3.63) is 65.2 Å². The number of ether oxygens (including phenoxy) is 1. The van der Waals surface area contributed by atoms with Crippen molar-refractivity contribution in [2.75, 3.05) is 6.61 Å². The van der Waals surface area contributed by atoms with E-state index in [4.69, 9.17) is 10.5 Å². The molecule has 3 rings (SSSR count). The van der Waals surface area contributed by atoms with Gasteiger partial charge in [0.05, 0.1) is 6.61 Å². The van der Waals surface area contributed by atoms with Gasteiger partial charge in [-0.15, -0.1) is 0 Å². The minimum absolute atomic E-state index is 0.00452.